The van der Waals surface area contributed by atoms with Gasteiger partial charge >= 0.3 is 0 Å². The van der Waals surface area contributed by atoms with Crippen molar-refractivity contribution < 1.29 is 28.6 Å². The van der Waals surface area contributed by atoms with Crippen LogP contribution in [0.2, 0.25) is 5.02 Å². The van der Waals surface area contributed by atoms with E-state index in [0.29, 0.717) is 55.0 Å². The fourth-order valence-electron chi connectivity index (χ4n) is 2.94. The Morgan fingerprint density at radius 1 is 1.31 bits per heavy atom. The van der Waals surface area contributed by atoms with Crippen LogP contribution in [0.5, 0.6) is 11.5 Å². The van der Waals surface area contributed by atoms with Crippen LogP contribution in [-0.2, 0) is 14.3 Å². The van der Waals surface area contributed by atoms with Gasteiger partial charge in [-0.15, -0.1) is 0 Å². The van der Waals surface area contributed by atoms with Crippen molar-refractivity contribution in [2.75, 3.05) is 46.6 Å². The van der Waals surface area contributed by atoms with Crippen molar-refractivity contribution in [1.29, 1.82) is 0 Å². The summed E-state index contributed by atoms with van der Waals surface area (Å²) in [4.78, 5) is 40.1. The zero-order chi connectivity index (χ0) is 21.0. The molecule has 29 heavy (non-hydrogen) atoms. The molecule has 0 aromatic heterocycles. The number of hydrogen-bond acceptors (Lipinski definition) is 7. The zero-order valence-corrected chi connectivity index (χ0v) is 17.7. The van der Waals surface area contributed by atoms with Crippen molar-refractivity contribution in [3.8, 4) is 11.5 Å². The van der Waals surface area contributed by atoms with Crippen LogP contribution in [0, 0.1) is 0 Å². The van der Waals surface area contributed by atoms with E-state index in [4.69, 9.17) is 25.8 Å². The van der Waals surface area contributed by atoms with Crippen LogP contribution < -0.4 is 9.47 Å². The maximum atomic E-state index is 12.7. The molecule has 8 nitrogen and oxygen atoms in total. The van der Waals surface area contributed by atoms with Gasteiger partial charge in [0.1, 0.15) is 6.54 Å². The minimum absolute atomic E-state index is 0.215. The summed E-state index contributed by atoms with van der Waals surface area (Å²) in [5, 5.41) is -0.147. The molecule has 0 atom stereocenters. The number of halogens is 1. The predicted molar refractivity (Wildman–Crippen MR) is 109 cm³/mol. The van der Waals surface area contributed by atoms with Crippen LogP contribution in [0.15, 0.2) is 17.0 Å². The number of thioether (sulfide) groups is 1. The third-order valence-corrected chi connectivity index (χ3v) is 5.56. The van der Waals surface area contributed by atoms with Crippen LogP contribution in [0.1, 0.15) is 12.5 Å². The lowest BCUT2D eigenvalue weighted by Gasteiger charge is -2.28. The first-order valence-corrected chi connectivity index (χ1v) is 10.2. The summed E-state index contributed by atoms with van der Waals surface area (Å²) in [5.74, 6) is 0.0542. The molecule has 10 heteroatoms. The van der Waals surface area contributed by atoms with Gasteiger partial charge in [0.05, 0.1) is 36.9 Å². The molecule has 0 unspecified atom stereocenters. The highest BCUT2D eigenvalue weighted by atomic mass is 35.5. The fourth-order valence-corrected chi connectivity index (χ4v) is 4.06. The largest absolute Gasteiger partial charge is 0.493 e. The van der Waals surface area contributed by atoms with E-state index in [9.17, 15) is 14.4 Å². The quantitative estimate of drug-likeness (QED) is 0.628. The lowest BCUT2D eigenvalue weighted by Crippen LogP contribution is -2.46. The van der Waals surface area contributed by atoms with Crippen molar-refractivity contribution in [3.63, 3.8) is 0 Å². The molecule has 2 heterocycles. The highest BCUT2D eigenvalue weighted by Crippen LogP contribution is 2.38. The molecule has 2 saturated heterocycles. The molecule has 1 aromatic carbocycles. The number of amides is 3. The van der Waals surface area contributed by atoms with Gasteiger partial charge in [0, 0.05) is 13.1 Å². The Hall–Kier alpha value is -2.23. The van der Waals surface area contributed by atoms with Gasteiger partial charge < -0.3 is 19.1 Å². The second-order valence-electron chi connectivity index (χ2n) is 6.23. The van der Waals surface area contributed by atoms with Gasteiger partial charge in [-0.05, 0) is 42.5 Å². The topological polar surface area (TPSA) is 85.4 Å². The number of nitrogens with zero attached hydrogens (tertiary/aromatic N) is 2. The van der Waals surface area contributed by atoms with Gasteiger partial charge in [-0.25, -0.2) is 0 Å². The fraction of sp³-hybridized carbons (Fsp3) is 0.421. The van der Waals surface area contributed by atoms with Crippen molar-refractivity contribution in [2.45, 2.75) is 6.92 Å². The summed E-state index contributed by atoms with van der Waals surface area (Å²) in [7, 11) is 1.49. The molecular formula is C19H21ClN2O6S. The molecule has 3 amide bonds. The van der Waals surface area contributed by atoms with E-state index in [1.165, 1.54) is 7.11 Å². The molecule has 0 N–H and O–H groups in total. The highest BCUT2D eigenvalue weighted by Gasteiger charge is 2.37. The van der Waals surface area contributed by atoms with E-state index in [1.807, 2.05) is 6.92 Å². The first-order chi connectivity index (χ1) is 13.9. The molecule has 2 aliphatic heterocycles. The number of benzene rings is 1. The number of hydrogen-bond donors (Lipinski definition) is 0. The third kappa shape index (κ3) is 4.85. The Morgan fingerprint density at radius 3 is 2.69 bits per heavy atom. The van der Waals surface area contributed by atoms with E-state index in [-0.39, 0.29) is 17.4 Å². The molecule has 1 aromatic rings. The standard InChI is InChI=1S/C19H21ClN2O6S/c1-3-28-17-13(20)8-12(9-14(17)26-2)10-15-18(24)22(19(25)29-15)11-16(23)21-4-6-27-7-5-21/h8-10H,3-7,11H2,1-2H3/b15-10+. The molecule has 2 fully saturated rings. The maximum Gasteiger partial charge on any atom is 0.294 e. The Morgan fingerprint density at radius 2 is 2.03 bits per heavy atom. The van der Waals surface area contributed by atoms with Gasteiger partial charge in [0.2, 0.25) is 5.91 Å². The number of ether oxygens (including phenoxy) is 3. The summed E-state index contributed by atoms with van der Waals surface area (Å²) in [5.41, 5.74) is 0.584. The molecule has 0 saturated carbocycles. The lowest BCUT2D eigenvalue weighted by atomic mass is 10.1. The smallest absolute Gasteiger partial charge is 0.294 e. The number of methoxy groups -OCH3 is 1. The predicted octanol–water partition coefficient (Wildman–Crippen LogP) is 2.64. The highest BCUT2D eigenvalue weighted by molar-refractivity contribution is 8.18. The van der Waals surface area contributed by atoms with E-state index in [0.717, 1.165) is 16.7 Å². The third-order valence-electron chi connectivity index (χ3n) is 4.37. The van der Waals surface area contributed by atoms with Gasteiger partial charge in [-0.1, -0.05) is 11.6 Å². The van der Waals surface area contributed by atoms with Crippen LogP contribution >= 0.6 is 23.4 Å². The Bertz CT molecular complexity index is 853. The molecule has 3 rings (SSSR count). The van der Waals surface area contributed by atoms with Crippen LogP contribution in [0.25, 0.3) is 6.08 Å². The van der Waals surface area contributed by atoms with Crippen LogP contribution in [0.4, 0.5) is 4.79 Å². The van der Waals surface area contributed by atoms with Gasteiger partial charge in [0.15, 0.2) is 11.5 Å². The number of imide groups is 1. The number of carbonyl (C=O) groups is 3. The van der Waals surface area contributed by atoms with Gasteiger partial charge in [0.25, 0.3) is 11.1 Å². The lowest BCUT2D eigenvalue weighted by molar-refractivity contribution is -0.139. The monoisotopic (exact) mass is 440 g/mol. The Labute approximate surface area is 177 Å². The molecular weight excluding hydrogens is 420 g/mol. The minimum atomic E-state index is -0.509. The zero-order valence-electron chi connectivity index (χ0n) is 16.1. The molecule has 0 spiro atoms. The molecule has 2 aliphatic rings. The summed E-state index contributed by atoms with van der Waals surface area (Å²) in [6, 6.07) is 3.30. The van der Waals surface area contributed by atoms with Crippen LogP contribution in [0.3, 0.4) is 0 Å². The molecule has 156 valence electrons. The number of morpholine rings is 1. The first-order valence-electron chi connectivity index (χ1n) is 9.05. The van der Waals surface area contributed by atoms with Crippen molar-refractivity contribution in [3.05, 3.63) is 27.6 Å². The summed E-state index contributed by atoms with van der Waals surface area (Å²) in [6.07, 6.45) is 1.55. The Kier molecular flexibility index (Phi) is 7.05. The molecule has 0 radical (unpaired) electrons. The normalized spacial score (nSPS) is 18.5. The SMILES string of the molecule is CCOc1c(Cl)cc(/C=C2/SC(=O)N(CC(=O)N3CCOCC3)C2=O)cc1OC. The van der Waals surface area contributed by atoms with Crippen molar-refractivity contribution >= 4 is 46.5 Å². The second kappa shape index (κ2) is 9.51. The van der Waals surface area contributed by atoms with E-state index >= 15 is 0 Å². The summed E-state index contributed by atoms with van der Waals surface area (Å²) >= 11 is 7.05. The van der Waals surface area contributed by atoms with E-state index in [2.05, 4.69) is 0 Å². The van der Waals surface area contributed by atoms with E-state index in [1.54, 1.807) is 23.1 Å². The van der Waals surface area contributed by atoms with Crippen molar-refractivity contribution in [2.24, 2.45) is 0 Å². The first kappa shape index (κ1) is 21.5. The second-order valence-corrected chi connectivity index (χ2v) is 7.63. The van der Waals surface area contributed by atoms with Crippen molar-refractivity contribution in [1.82, 2.24) is 9.80 Å². The average Bonchev–Trinajstić information content (AvgIpc) is 2.97. The maximum absolute atomic E-state index is 12.7. The van der Waals surface area contributed by atoms with Gasteiger partial charge in [-0.3, -0.25) is 19.3 Å². The average molecular weight is 441 g/mol. The molecule has 0 bridgehead atoms. The minimum Gasteiger partial charge on any atom is -0.493 e. The van der Waals surface area contributed by atoms with E-state index < -0.39 is 11.1 Å². The Balaban J connectivity index is 1.77. The molecule has 0 aliphatic carbocycles. The summed E-state index contributed by atoms with van der Waals surface area (Å²) in [6.45, 7) is 3.78. The summed E-state index contributed by atoms with van der Waals surface area (Å²) < 4.78 is 16.0. The van der Waals surface area contributed by atoms with Crippen LogP contribution in [-0.4, -0.2) is 73.4 Å². The van der Waals surface area contributed by atoms with Gasteiger partial charge in [-0.2, -0.15) is 0 Å². The number of rotatable bonds is 6. The number of carbonyl (C=O) groups excluding carboxylic acids is 3.